The van der Waals surface area contributed by atoms with E-state index in [1.165, 1.54) is 5.56 Å². The molecule has 0 aromatic heterocycles. The van der Waals surface area contributed by atoms with Crippen LogP contribution >= 0.6 is 0 Å². The maximum absolute atomic E-state index is 13.1. The van der Waals surface area contributed by atoms with E-state index < -0.39 is 0 Å². The quantitative estimate of drug-likeness (QED) is 0.377. The standard InChI is InChI=1S/C29H35N3O2/c1-6-21(7-2)28(19-33)31-27-15-25(10-9-20(27)4)29(34)32-17-26(18-32)24-13-11-23(12-14-24)22(8-3)16-30-5/h8-16,21,26,31H,6-7,17-18H2,1-5H3/b22-8+,30-16-. The second kappa shape index (κ2) is 11.6. The molecule has 2 aromatic carbocycles. The van der Waals surface area contributed by atoms with Gasteiger partial charge < -0.3 is 10.2 Å². The molecule has 5 heteroatoms. The topological polar surface area (TPSA) is 61.8 Å². The van der Waals surface area contributed by atoms with Crippen molar-refractivity contribution in [3.8, 4) is 0 Å². The number of nitrogens with zero attached hydrogens (tertiary/aromatic N) is 2. The first-order chi connectivity index (χ1) is 16.4. The number of carbonyl (C=O) groups is 1. The minimum absolute atomic E-state index is 0.0189. The van der Waals surface area contributed by atoms with E-state index in [1.54, 1.807) is 7.05 Å². The third-order valence-electron chi connectivity index (χ3n) is 6.72. The third-order valence-corrected chi connectivity index (χ3v) is 6.72. The summed E-state index contributed by atoms with van der Waals surface area (Å²) in [5.74, 6) is 2.57. The highest BCUT2D eigenvalue weighted by atomic mass is 16.2. The van der Waals surface area contributed by atoms with Crippen LogP contribution in [0.1, 0.15) is 66.6 Å². The number of nitrogens with one attached hydrogen (secondary N) is 1. The normalized spacial score (nSPS) is 14.3. The van der Waals surface area contributed by atoms with Gasteiger partial charge >= 0.3 is 0 Å². The van der Waals surface area contributed by atoms with Crippen LogP contribution in [0, 0.1) is 12.8 Å². The Morgan fingerprint density at radius 2 is 1.79 bits per heavy atom. The Kier molecular flexibility index (Phi) is 8.61. The summed E-state index contributed by atoms with van der Waals surface area (Å²) in [5, 5.41) is 3.24. The first-order valence-electron chi connectivity index (χ1n) is 12.1. The first-order valence-corrected chi connectivity index (χ1v) is 12.1. The minimum Gasteiger partial charge on any atom is -0.349 e. The van der Waals surface area contributed by atoms with Crippen molar-refractivity contribution in [2.24, 2.45) is 10.9 Å². The van der Waals surface area contributed by atoms with Crippen LogP contribution in [0.25, 0.3) is 5.57 Å². The van der Waals surface area contributed by atoms with Crippen molar-refractivity contribution in [2.45, 2.75) is 46.5 Å². The molecule has 1 fully saturated rings. The Hall–Kier alpha value is -3.43. The smallest absolute Gasteiger partial charge is 0.253 e. The summed E-state index contributed by atoms with van der Waals surface area (Å²) in [4.78, 5) is 30.6. The highest BCUT2D eigenvalue weighted by Crippen LogP contribution is 2.30. The zero-order valence-electron chi connectivity index (χ0n) is 20.9. The Morgan fingerprint density at radius 3 is 2.35 bits per heavy atom. The summed E-state index contributed by atoms with van der Waals surface area (Å²) in [7, 11) is 1.77. The largest absolute Gasteiger partial charge is 0.349 e. The zero-order valence-corrected chi connectivity index (χ0v) is 20.9. The van der Waals surface area contributed by atoms with Gasteiger partial charge in [-0.25, -0.2) is 4.79 Å². The molecule has 0 radical (unpaired) electrons. The van der Waals surface area contributed by atoms with Gasteiger partial charge in [0.2, 0.25) is 0 Å². The van der Waals surface area contributed by atoms with E-state index in [1.807, 2.05) is 43.2 Å². The van der Waals surface area contributed by atoms with Gasteiger partial charge in [0.05, 0.1) is 0 Å². The van der Waals surface area contributed by atoms with Crippen molar-refractivity contribution in [1.29, 1.82) is 0 Å². The number of aliphatic imine (C=N–C) groups is 1. The van der Waals surface area contributed by atoms with Crippen LogP contribution in [0.3, 0.4) is 0 Å². The molecule has 1 N–H and O–H groups in total. The molecule has 34 heavy (non-hydrogen) atoms. The van der Waals surface area contributed by atoms with E-state index in [2.05, 4.69) is 60.4 Å². The predicted octanol–water partition coefficient (Wildman–Crippen LogP) is 5.90. The third kappa shape index (κ3) is 5.55. The number of carbonyl (C=O) groups excluding carboxylic acids is 2. The molecule has 0 unspecified atom stereocenters. The molecule has 3 rings (SSSR count). The first kappa shape index (κ1) is 25.2. The summed E-state index contributed by atoms with van der Waals surface area (Å²) in [6, 6.07) is 14.2. The number of hydrogen-bond donors (Lipinski definition) is 1. The lowest BCUT2D eigenvalue weighted by Crippen LogP contribution is -2.48. The monoisotopic (exact) mass is 457 g/mol. The Bertz CT molecular complexity index is 1110. The van der Waals surface area contributed by atoms with Gasteiger partial charge in [-0.15, -0.1) is 0 Å². The van der Waals surface area contributed by atoms with Crippen LogP contribution < -0.4 is 5.32 Å². The SMILES string of the molecule is C/C=C(\C=N/C)c1ccc(C2CN(C(=O)c3ccc(C)c(NC(=C=O)C(CC)CC)c3)C2)cc1. The van der Waals surface area contributed by atoms with Crippen molar-refractivity contribution in [3.63, 3.8) is 0 Å². The summed E-state index contributed by atoms with van der Waals surface area (Å²) in [6.45, 7) is 9.51. The number of aryl methyl sites for hydroxylation is 1. The number of amides is 1. The van der Waals surface area contributed by atoms with Crippen molar-refractivity contribution in [2.75, 3.05) is 25.5 Å². The van der Waals surface area contributed by atoms with Gasteiger partial charge in [0.15, 0.2) is 0 Å². The molecule has 1 heterocycles. The van der Waals surface area contributed by atoms with Crippen LogP contribution in [-0.2, 0) is 4.79 Å². The highest BCUT2D eigenvalue weighted by molar-refractivity contribution is 6.09. The summed E-state index contributed by atoms with van der Waals surface area (Å²) < 4.78 is 0. The van der Waals surface area contributed by atoms with E-state index in [0.29, 0.717) is 30.3 Å². The van der Waals surface area contributed by atoms with Gasteiger partial charge in [-0.2, -0.15) is 0 Å². The molecular formula is C29H35N3O2. The van der Waals surface area contributed by atoms with Crippen molar-refractivity contribution in [1.82, 2.24) is 4.90 Å². The van der Waals surface area contributed by atoms with Gasteiger partial charge in [-0.05, 0) is 61.1 Å². The van der Waals surface area contributed by atoms with Gasteiger partial charge in [-0.1, -0.05) is 50.3 Å². The lowest BCUT2D eigenvalue weighted by atomic mass is 9.89. The van der Waals surface area contributed by atoms with Crippen LogP contribution in [0.5, 0.6) is 0 Å². The Balaban J connectivity index is 1.67. The van der Waals surface area contributed by atoms with Crippen molar-refractivity contribution in [3.05, 3.63) is 76.5 Å². The molecule has 5 nitrogen and oxygen atoms in total. The number of likely N-dealkylation sites (tertiary alicyclic amines) is 1. The molecule has 178 valence electrons. The van der Waals surface area contributed by atoms with Crippen LogP contribution in [0.2, 0.25) is 0 Å². The summed E-state index contributed by atoms with van der Waals surface area (Å²) in [5.41, 5.74) is 6.45. The van der Waals surface area contributed by atoms with Gasteiger partial charge in [0.25, 0.3) is 5.91 Å². The second-order valence-corrected chi connectivity index (χ2v) is 8.84. The molecule has 0 saturated carbocycles. The molecule has 2 aromatic rings. The van der Waals surface area contributed by atoms with Gasteiger partial charge in [0.1, 0.15) is 11.6 Å². The van der Waals surface area contributed by atoms with E-state index in [0.717, 1.165) is 35.2 Å². The number of benzene rings is 2. The van der Waals surface area contributed by atoms with E-state index >= 15 is 0 Å². The molecule has 1 aliphatic heterocycles. The minimum atomic E-state index is 0.0189. The molecule has 0 atom stereocenters. The van der Waals surface area contributed by atoms with Crippen molar-refractivity contribution < 1.29 is 9.59 Å². The molecule has 1 saturated heterocycles. The average molecular weight is 458 g/mol. The van der Waals surface area contributed by atoms with Crippen LogP contribution in [0.4, 0.5) is 5.69 Å². The predicted molar refractivity (Wildman–Crippen MR) is 141 cm³/mol. The van der Waals surface area contributed by atoms with Crippen molar-refractivity contribution >= 4 is 29.3 Å². The number of rotatable bonds is 9. The maximum atomic E-state index is 13.1. The molecule has 0 spiro atoms. The summed E-state index contributed by atoms with van der Waals surface area (Å²) >= 11 is 0. The fourth-order valence-electron chi connectivity index (χ4n) is 4.38. The molecular weight excluding hydrogens is 422 g/mol. The van der Waals surface area contributed by atoms with Gasteiger partial charge in [0, 0.05) is 49.4 Å². The van der Waals surface area contributed by atoms with Gasteiger partial charge in [-0.3, -0.25) is 9.79 Å². The number of hydrogen-bond acceptors (Lipinski definition) is 4. The van der Waals surface area contributed by atoms with E-state index in [-0.39, 0.29) is 11.8 Å². The number of allylic oxidation sites excluding steroid dienone is 3. The molecule has 1 aliphatic rings. The van der Waals surface area contributed by atoms with E-state index in [9.17, 15) is 9.59 Å². The zero-order chi connectivity index (χ0) is 24.7. The van der Waals surface area contributed by atoms with Crippen LogP contribution in [-0.4, -0.2) is 43.1 Å². The number of anilines is 1. The Morgan fingerprint density at radius 1 is 1.15 bits per heavy atom. The molecule has 0 aliphatic carbocycles. The lowest BCUT2D eigenvalue weighted by molar-refractivity contribution is 0.0602. The fraction of sp³-hybridized carbons (Fsp3) is 0.379. The Labute approximate surface area is 203 Å². The van der Waals surface area contributed by atoms with Crippen LogP contribution in [0.15, 0.2) is 59.2 Å². The fourth-order valence-corrected chi connectivity index (χ4v) is 4.38. The second-order valence-electron chi connectivity index (χ2n) is 8.84. The maximum Gasteiger partial charge on any atom is 0.253 e. The summed E-state index contributed by atoms with van der Waals surface area (Å²) in [6.07, 6.45) is 5.64. The van der Waals surface area contributed by atoms with E-state index in [4.69, 9.17) is 0 Å². The highest BCUT2D eigenvalue weighted by Gasteiger charge is 2.32. The lowest BCUT2D eigenvalue weighted by Gasteiger charge is -2.39. The molecule has 0 bridgehead atoms. The average Bonchev–Trinajstić information content (AvgIpc) is 2.83. The molecule has 1 amide bonds.